The molecule has 1 aromatic rings. The summed E-state index contributed by atoms with van der Waals surface area (Å²) in [6.07, 6.45) is 0. The molecule has 0 aliphatic carbocycles. The van der Waals surface area contributed by atoms with Gasteiger partial charge < -0.3 is 20.4 Å². The molecule has 1 saturated heterocycles. The molecule has 2 amide bonds. The second-order valence-electron chi connectivity index (χ2n) is 5.01. The van der Waals surface area contributed by atoms with Crippen LogP contribution in [0.2, 0.25) is 0 Å². The van der Waals surface area contributed by atoms with E-state index < -0.39 is 0 Å². The van der Waals surface area contributed by atoms with Crippen LogP contribution in [0, 0.1) is 0 Å². The number of hydrogen-bond acceptors (Lipinski definition) is 3. The van der Waals surface area contributed by atoms with E-state index in [9.17, 15) is 4.79 Å². The first kappa shape index (κ1) is 12.3. The Balaban J connectivity index is 1.68. The molecular formula is C14H20N4O. The Morgan fingerprint density at radius 2 is 1.84 bits per heavy atom. The van der Waals surface area contributed by atoms with E-state index in [2.05, 4.69) is 39.8 Å². The largest absolute Gasteiger partial charge is 0.368 e. The summed E-state index contributed by atoms with van der Waals surface area (Å²) in [7, 11) is 0. The van der Waals surface area contributed by atoms with Crippen LogP contribution in [0.1, 0.15) is 5.56 Å². The minimum Gasteiger partial charge on any atom is -0.368 e. The molecule has 1 aromatic carbocycles. The van der Waals surface area contributed by atoms with Crippen molar-refractivity contribution in [2.24, 2.45) is 0 Å². The van der Waals surface area contributed by atoms with E-state index in [1.807, 2.05) is 4.90 Å². The summed E-state index contributed by atoms with van der Waals surface area (Å²) in [5.74, 6) is 0. The number of carbonyl (C=O) groups is 1. The molecule has 19 heavy (non-hydrogen) atoms. The molecule has 2 N–H and O–H groups in total. The third-order valence-corrected chi connectivity index (χ3v) is 3.79. The van der Waals surface area contributed by atoms with E-state index in [1.54, 1.807) is 0 Å². The smallest absolute Gasteiger partial charge is 0.317 e. The maximum Gasteiger partial charge on any atom is 0.317 e. The zero-order chi connectivity index (χ0) is 13.1. The van der Waals surface area contributed by atoms with Gasteiger partial charge in [-0.2, -0.15) is 0 Å². The summed E-state index contributed by atoms with van der Waals surface area (Å²) in [5, 5.41) is 6.28. The molecule has 0 aromatic heterocycles. The van der Waals surface area contributed by atoms with Gasteiger partial charge in [-0.3, -0.25) is 0 Å². The van der Waals surface area contributed by atoms with E-state index in [0.29, 0.717) is 0 Å². The number of anilines is 1. The van der Waals surface area contributed by atoms with Crippen LogP contribution in [0.25, 0.3) is 0 Å². The molecular weight excluding hydrogens is 240 g/mol. The minimum atomic E-state index is 0.0706. The van der Waals surface area contributed by atoms with E-state index in [1.165, 1.54) is 11.3 Å². The number of urea groups is 1. The van der Waals surface area contributed by atoms with Crippen LogP contribution in [0.3, 0.4) is 0 Å². The third-order valence-electron chi connectivity index (χ3n) is 3.79. The van der Waals surface area contributed by atoms with Crippen LogP contribution in [-0.4, -0.2) is 50.2 Å². The van der Waals surface area contributed by atoms with Gasteiger partial charge in [0.15, 0.2) is 0 Å². The maximum atomic E-state index is 11.5. The van der Waals surface area contributed by atoms with Crippen LogP contribution in [0.5, 0.6) is 0 Å². The van der Waals surface area contributed by atoms with Crippen LogP contribution in [0.4, 0.5) is 10.5 Å². The molecule has 2 aliphatic heterocycles. The lowest BCUT2D eigenvalue weighted by atomic mass is 10.1. The molecule has 0 radical (unpaired) electrons. The first-order chi connectivity index (χ1) is 9.34. The lowest BCUT2D eigenvalue weighted by molar-refractivity contribution is 0.218. The van der Waals surface area contributed by atoms with Crippen molar-refractivity contribution in [2.75, 3.05) is 44.2 Å². The van der Waals surface area contributed by atoms with Gasteiger partial charge in [0, 0.05) is 51.5 Å². The second kappa shape index (κ2) is 5.48. The predicted molar refractivity (Wildman–Crippen MR) is 75.3 cm³/mol. The van der Waals surface area contributed by atoms with Gasteiger partial charge >= 0.3 is 6.03 Å². The van der Waals surface area contributed by atoms with Gasteiger partial charge in [-0.1, -0.05) is 18.2 Å². The summed E-state index contributed by atoms with van der Waals surface area (Å²) < 4.78 is 0. The lowest BCUT2D eigenvalue weighted by Gasteiger charge is -2.26. The van der Waals surface area contributed by atoms with Gasteiger partial charge in [0.25, 0.3) is 0 Å². The molecule has 2 aliphatic rings. The zero-order valence-electron chi connectivity index (χ0n) is 11.1. The standard InChI is InChI=1S/C14H20N4O/c19-14-16-6-8-18(14)10-9-17-7-5-15-11-12-3-1-2-4-13(12)17/h1-4,15H,5-11H2,(H,16,19). The summed E-state index contributed by atoms with van der Waals surface area (Å²) in [5.41, 5.74) is 2.64. The Morgan fingerprint density at radius 3 is 2.68 bits per heavy atom. The number of nitrogens with zero attached hydrogens (tertiary/aromatic N) is 2. The van der Waals surface area contributed by atoms with Crippen molar-refractivity contribution in [1.82, 2.24) is 15.5 Å². The van der Waals surface area contributed by atoms with Crippen molar-refractivity contribution < 1.29 is 4.79 Å². The second-order valence-corrected chi connectivity index (χ2v) is 5.01. The topological polar surface area (TPSA) is 47.6 Å². The fourth-order valence-corrected chi connectivity index (χ4v) is 2.72. The van der Waals surface area contributed by atoms with Gasteiger partial charge in [0.1, 0.15) is 0 Å². The SMILES string of the molecule is O=C1NCCN1CCN1CCNCc2ccccc21. The van der Waals surface area contributed by atoms with Crippen LogP contribution in [0.15, 0.2) is 24.3 Å². The number of hydrogen-bond donors (Lipinski definition) is 2. The summed E-state index contributed by atoms with van der Waals surface area (Å²) in [6, 6.07) is 8.58. The van der Waals surface area contributed by atoms with Crippen molar-refractivity contribution in [1.29, 1.82) is 0 Å². The highest BCUT2D eigenvalue weighted by molar-refractivity contribution is 5.76. The Kier molecular flexibility index (Phi) is 3.55. The quantitative estimate of drug-likeness (QED) is 0.837. The normalized spacial score (nSPS) is 19.1. The maximum absolute atomic E-state index is 11.5. The van der Waals surface area contributed by atoms with Gasteiger partial charge in [0.2, 0.25) is 0 Å². The Morgan fingerprint density at radius 1 is 1.05 bits per heavy atom. The van der Waals surface area contributed by atoms with Crippen molar-refractivity contribution >= 4 is 11.7 Å². The van der Waals surface area contributed by atoms with Gasteiger partial charge in [-0.15, -0.1) is 0 Å². The molecule has 0 saturated carbocycles. The van der Waals surface area contributed by atoms with Crippen molar-refractivity contribution in [3.05, 3.63) is 29.8 Å². The average Bonchev–Trinajstić information content (AvgIpc) is 2.73. The minimum absolute atomic E-state index is 0.0706. The average molecular weight is 260 g/mol. The molecule has 5 nitrogen and oxygen atoms in total. The highest BCUT2D eigenvalue weighted by atomic mass is 16.2. The first-order valence-corrected chi connectivity index (χ1v) is 6.91. The fourth-order valence-electron chi connectivity index (χ4n) is 2.72. The molecule has 0 spiro atoms. The molecule has 0 atom stereocenters. The van der Waals surface area contributed by atoms with Gasteiger partial charge in [0.05, 0.1) is 0 Å². The van der Waals surface area contributed by atoms with Crippen LogP contribution >= 0.6 is 0 Å². The number of benzene rings is 1. The highest BCUT2D eigenvalue weighted by Crippen LogP contribution is 2.21. The number of nitrogens with one attached hydrogen (secondary N) is 2. The molecule has 102 valence electrons. The van der Waals surface area contributed by atoms with E-state index in [-0.39, 0.29) is 6.03 Å². The van der Waals surface area contributed by atoms with Crippen molar-refractivity contribution in [3.8, 4) is 0 Å². The summed E-state index contributed by atoms with van der Waals surface area (Å²) >= 11 is 0. The predicted octanol–water partition coefficient (Wildman–Crippen LogP) is 0.621. The van der Waals surface area contributed by atoms with E-state index >= 15 is 0 Å². The number of carbonyl (C=O) groups excluding carboxylic acids is 1. The van der Waals surface area contributed by atoms with Crippen molar-refractivity contribution in [3.63, 3.8) is 0 Å². The van der Waals surface area contributed by atoms with Gasteiger partial charge in [-0.05, 0) is 11.6 Å². The lowest BCUT2D eigenvalue weighted by Crippen LogP contribution is -2.38. The summed E-state index contributed by atoms with van der Waals surface area (Å²) in [4.78, 5) is 15.8. The van der Waals surface area contributed by atoms with Gasteiger partial charge in [-0.25, -0.2) is 4.79 Å². The summed E-state index contributed by atoms with van der Waals surface area (Å²) in [6.45, 7) is 6.19. The number of rotatable bonds is 3. The fraction of sp³-hybridized carbons (Fsp3) is 0.500. The Labute approximate surface area is 113 Å². The number of amides is 2. The molecule has 0 bridgehead atoms. The molecule has 3 rings (SSSR count). The van der Waals surface area contributed by atoms with Crippen molar-refractivity contribution in [2.45, 2.75) is 6.54 Å². The van der Waals surface area contributed by atoms with E-state index in [0.717, 1.165) is 45.8 Å². The Bertz CT molecular complexity index is 463. The highest BCUT2D eigenvalue weighted by Gasteiger charge is 2.21. The molecule has 1 fully saturated rings. The van der Waals surface area contributed by atoms with E-state index in [4.69, 9.17) is 0 Å². The number of para-hydroxylation sites is 1. The van der Waals surface area contributed by atoms with Crippen LogP contribution in [-0.2, 0) is 6.54 Å². The molecule has 5 heteroatoms. The number of fused-ring (bicyclic) bond motifs is 1. The molecule has 0 unspecified atom stereocenters. The zero-order valence-corrected chi connectivity index (χ0v) is 11.1. The monoisotopic (exact) mass is 260 g/mol. The van der Waals surface area contributed by atoms with Crippen LogP contribution < -0.4 is 15.5 Å². The Hall–Kier alpha value is -1.75. The molecule has 2 heterocycles. The third kappa shape index (κ3) is 2.66. The first-order valence-electron chi connectivity index (χ1n) is 6.91.